The molecule has 0 fully saturated rings. The molecule has 1 aliphatic rings. The average Bonchev–Trinajstić information content (AvgIpc) is 2.56. The van der Waals surface area contributed by atoms with Crippen molar-refractivity contribution in [2.24, 2.45) is 0 Å². The first-order valence-corrected chi connectivity index (χ1v) is 7.63. The number of nitriles is 1. The van der Waals surface area contributed by atoms with E-state index < -0.39 is 0 Å². The van der Waals surface area contributed by atoms with Gasteiger partial charge in [-0.15, -0.1) is 0 Å². The van der Waals surface area contributed by atoms with Crippen molar-refractivity contribution >= 4 is 11.5 Å². The second kappa shape index (κ2) is 6.07. The molecule has 0 spiro atoms. The summed E-state index contributed by atoms with van der Waals surface area (Å²) in [7, 11) is 4.22. The molecule has 22 heavy (non-hydrogen) atoms. The maximum absolute atomic E-state index is 9.06. The van der Waals surface area contributed by atoms with Crippen LogP contribution in [0.2, 0.25) is 0 Å². The summed E-state index contributed by atoms with van der Waals surface area (Å²) < 4.78 is 0. The lowest BCUT2D eigenvalue weighted by atomic mass is 10.1. The van der Waals surface area contributed by atoms with Crippen molar-refractivity contribution in [3.8, 4) is 17.3 Å². The molecular formula is C18H20N4. The number of rotatable bonds is 1. The molecule has 4 nitrogen and oxygen atoms in total. The van der Waals surface area contributed by atoms with Crippen LogP contribution in [0, 0.1) is 11.3 Å². The molecule has 0 radical (unpaired) electrons. The Balaban J connectivity index is 2.06. The lowest BCUT2D eigenvalue weighted by molar-refractivity contribution is 0.686. The largest absolute Gasteiger partial charge is 0.372 e. The summed E-state index contributed by atoms with van der Waals surface area (Å²) in [6, 6.07) is 14.0. The minimum absolute atomic E-state index is 0.663. The Kier molecular flexibility index (Phi) is 3.97. The Morgan fingerprint density at radius 1 is 1.05 bits per heavy atom. The summed E-state index contributed by atoms with van der Waals surface area (Å²) >= 11 is 0. The molecule has 0 N–H and O–H groups in total. The number of fused-ring (bicyclic) bond motifs is 1. The van der Waals surface area contributed by atoms with E-state index in [0.717, 1.165) is 30.2 Å². The van der Waals surface area contributed by atoms with E-state index in [1.807, 2.05) is 30.3 Å². The van der Waals surface area contributed by atoms with Gasteiger partial charge in [0.15, 0.2) is 5.82 Å². The molecule has 0 bridgehead atoms. The summed E-state index contributed by atoms with van der Waals surface area (Å²) in [5.41, 5.74) is 3.73. The topological polar surface area (TPSA) is 43.2 Å². The van der Waals surface area contributed by atoms with Crippen LogP contribution in [-0.2, 0) is 0 Å². The SMILES string of the molecule is CN1CCCCN(C)c2nc(-c3cccc(C#N)c3)ccc21. The molecule has 2 aromatic rings. The van der Waals surface area contributed by atoms with Crippen LogP contribution in [0.1, 0.15) is 18.4 Å². The van der Waals surface area contributed by atoms with E-state index in [1.165, 1.54) is 18.5 Å². The van der Waals surface area contributed by atoms with Crippen molar-refractivity contribution in [3.63, 3.8) is 0 Å². The molecule has 1 aliphatic heterocycles. The van der Waals surface area contributed by atoms with Crippen molar-refractivity contribution in [2.45, 2.75) is 12.8 Å². The van der Waals surface area contributed by atoms with Gasteiger partial charge in [0.2, 0.25) is 0 Å². The monoisotopic (exact) mass is 292 g/mol. The third kappa shape index (κ3) is 2.75. The third-order valence-corrected chi connectivity index (χ3v) is 4.15. The summed E-state index contributed by atoms with van der Waals surface area (Å²) in [6.45, 7) is 2.08. The first-order valence-electron chi connectivity index (χ1n) is 7.63. The zero-order chi connectivity index (χ0) is 15.5. The van der Waals surface area contributed by atoms with Crippen LogP contribution >= 0.6 is 0 Å². The molecule has 2 heterocycles. The number of pyridine rings is 1. The molecule has 0 saturated heterocycles. The van der Waals surface area contributed by atoms with Gasteiger partial charge in [0.1, 0.15) is 0 Å². The van der Waals surface area contributed by atoms with E-state index in [9.17, 15) is 0 Å². The molecule has 1 aromatic heterocycles. The van der Waals surface area contributed by atoms with Crippen molar-refractivity contribution in [1.82, 2.24) is 4.98 Å². The predicted octanol–water partition coefficient (Wildman–Crippen LogP) is 3.29. The van der Waals surface area contributed by atoms with Gasteiger partial charge in [0.25, 0.3) is 0 Å². The number of hydrogen-bond donors (Lipinski definition) is 0. The van der Waals surface area contributed by atoms with E-state index >= 15 is 0 Å². The Labute approximate surface area is 131 Å². The lowest BCUT2D eigenvalue weighted by Gasteiger charge is -2.30. The van der Waals surface area contributed by atoms with Crippen molar-refractivity contribution < 1.29 is 0 Å². The van der Waals surface area contributed by atoms with E-state index in [2.05, 4.69) is 36.0 Å². The van der Waals surface area contributed by atoms with E-state index in [0.29, 0.717) is 5.56 Å². The predicted molar refractivity (Wildman–Crippen MR) is 90.2 cm³/mol. The standard InChI is InChI=1S/C18H20N4/c1-21-10-3-4-11-22(2)18-17(21)9-8-16(20-18)15-7-5-6-14(12-15)13-19/h5-9,12H,3-4,10-11H2,1-2H3. The minimum Gasteiger partial charge on any atom is -0.372 e. The van der Waals surface area contributed by atoms with Gasteiger partial charge in [0.05, 0.1) is 23.0 Å². The molecule has 0 unspecified atom stereocenters. The number of hydrogen-bond acceptors (Lipinski definition) is 4. The second-order valence-corrected chi connectivity index (χ2v) is 5.78. The molecule has 112 valence electrons. The highest BCUT2D eigenvalue weighted by Crippen LogP contribution is 2.31. The first kappa shape index (κ1) is 14.4. The zero-order valence-electron chi connectivity index (χ0n) is 13.1. The van der Waals surface area contributed by atoms with Crippen LogP contribution < -0.4 is 9.80 Å². The highest BCUT2D eigenvalue weighted by atomic mass is 15.2. The summed E-state index contributed by atoms with van der Waals surface area (Å²) in [4.78, 5) is 9.36. The van der Waals surface area contributed by atoms with Gasteiger partial charge in [0, 0.05) is 32.7 Å². The summed E-state index contributed by atoms with van der Waals surface area (Å²) in [5, 5.41) is 9.06. The Morgan fingerprint density at radius 2 is 1.82 bits per heavy atom. The second-order valence-electron chi connectivity index (χ2n) is 5.78. The van der Waals surface area contributed by atoms with Gasteiger partial charge < -0.3 is 9.80 Å². The maximum Gasteiger partial charge on any atom is 0.152 e. The number of anilines is 2. The minimum atomic E-state index is 0.663. The third-order valence-electron chi connectivity index (χ3n) is 4.15. The molecule has 0 aliphatic carbocycles. The van der Waals surface area contributed by atoms with Gasteiger partial charge in [-0.1, -0.05) is 12.1 Å². The van der Waals surface area contributed by atoms with Crippen LogP contribution in [-0.4, -0.2) is 32.2 Å². The Morgan fingerprint density at radius 3 is 2.59 bits per heavy atom. The Bertz CT molecular complexity index is 717. The fraction of sp³-hybridized carbons (Fsp3) is 0.333. The molecule has 4 heteroatoms. The van der Waals surface area contributed by atoms with Gasteiger partial charge >= 0.3 is 0 Å². The summed E-state index contributed by atoms with van der Waals surface area (Å²) in [5.74, 6) is 1.02. The molecule has 0 saturated carbocycles. The number of nitrogens with zero attached hydrogens (tertiary/aromatic N) is 4. The first-order chi connectivity index (χ1) is 10.7. The van der Waals surface area contributed by atoms with E-state index in [4.69, 9.17) is 10.2 Å². The average molecular weight is 292 g/mol. The van der Waals surface area contributed by atoms with Crippen LogP contribution in [0.4, 0.5) is 11.5 Å². The smallest absolute Gasteiger partial charge is 0.152 e. The van der Waals surface area contributed by atoms with Crippen molar-refractivity contribution in [2.75, 3.05) is 37.0 Å². The van der Waals surface area contributed by atoms with Crippen LogP contribution in [0.25, 0.3) is 11.3 Å². The van der Waals surface area contributed by atoms with Crippen molar-refractivity contribution in [3.05, 3.63) is 42.0 Å². The Hall–Kier alpha value is -2.54. The highest BCUT2D eigenvalue weighted by molar-refractivity contribution is 5.73. The van der Waals surface area contributed by atoms with Gasteiger partial charge in [-0.05, 0) is 37.1 Å². The van der Waals surface area contributed by atoms with Crippen molar-refractivity contribution in [1.29, 1.82) is 5.26 Å². The number of aromatic nitrogens is 1. The fourth-order valence-corrected chi connectivity index (χ4v) is 2.85. The quantitative estimate of drug-likeness (QED) is 0.809. The number of benzene rings is 1. The van der Waals surface area contributed by atoms with Crippen LogP contribution in [0.3, 0.4) is 0 Å². The molecule has 1 aromatic carbocycles. The van der Waals surface area contributed by atoms with E-state index in [1.54, 1.807) is 0 Å². The summed E-state index contributed by atoms with van der Waals surface area (Å²) in [6.07, 6.45) is 2.38. The normalized spacial score (nSPS) is 14.8. The van der Waals surface area contributed by atoms with Gasteiger partial charge in [-0.3, -0.25) is 0 Å². The lowest BCUT2D eigenvalue weighted by Crippen LogP contribution is -2.29. The van der Waals surface area contributed by atoms with Gasteiger partial charge in [-0.25, -0.2) is 4.98 Å². The highest BCUT2D eigenvalue weighted by Gasteiger charge is 2.17. The molecule has 3 rings (SSSR count). The maximum atomic E-state index is 9.06. The van der Waals surface area contributed by atoms with Crippen LogP contribution in [0.5, 0.6) is 0 Å². The molecular weight excluding hydrogens is 272 g/mol. The fourth-order valence-electron chi connectivity index (χ4n) is 2.85. The zero-order valence-corrected chi connectivity index (χ0v) is 13.1. The van der Waals surface area contributed by atoms with Crippen LogP contribution in [0.15, 0.2) is 36.4 Å². The molecule has 0 atom stereocenters. The van der Waals surface area contributed by atoms with Gasteiger partial charge in [-0.2, -0.15) is 5.26 Å². The molecule has 0 amide bonds. The van der Waals surface area contributed by atoms with E-state index in [-0.39, 0.29) is 0 Å².